The number of sulfone groups is 1. The smallest absolute Gasteiger partial charge is 0.319 e. The van der Waals surface area contributed by atoms with Gasteiger partial charge in [0.15, 0.2) is 21.5 Å². The number of anilines is 2. The highest BCUT2D eigenvalue weighted by Gasteiger charge is 2.25. The van der Waals surface area contributed by atoms with E-state index in [9.17, 15) is 13.2 Å². The number of benzene rings is 2. The quantitative estimate of drug-likeness (QED) is 0.486. The molecule has 2 N–H and O–H groups in total. The molecule has 11 heteroatoms. The van der Waals surface area contributed by atoms with Crippen molar-refractivity contribution in [1.82, 2.24) is 20.3 Å². The average molecular weight is 537 g/mol. The summed E-state index contributed by atoms with van der Waals surface area (Å²) in [5.41, 5.74) is 1.79. The Hall–Kier alpha value is -3.57. The lowest BCUT2D eigenvalue weighted by Crippen LogP contribution is -2.44. The molecular weight excluding hydrogens is 504 g/mol. The van der Waals surface area contributed by atoms with Gasteiger partial charge in [-0.15, -0.1) is 0 Å². The fraction of sp³-hybridized carbons (Fsp3) is 0.407. The van der Waals surface area contributed by atoms with Gasteiger partial charge in [0.25, 0.3) is 0 Å². The monoisotopic (exact) mass is 536 g/mol. The Kier molecular flexibility index (Phi) is 7.57. The number of ether oxygens (including phenoxy) is 1. The Balaban J connectivity index is 1.48. The summed E-state index contributed by atoms with van der Waals surface area (Å²) in [7, 11) is -3.51. The highest BCUT2D eigenvalue weighted by molar-refractivity contribution is 7.90. The molecule has 1 saturated heterocycles. The number of carbonyl (C=O) groups is 1. The van der Waals surface area contributed by atoms with E-state index in [2.05, 4.69) is 15.6 Å². The number of aromatic nitrogens is 3. The van der Waals surface area contributed by atoms with Gasteiger partial charge in [-0.2, -0.15) is 9.97 Å². The molecule has 10 nitrogen and oxygen atoms in total. The zero-order valence-corrected chi connectivity index (χ0v) is 22.4. The molecule has 2 aromatic carbocycles. The number of morpholine rings is 1. The van der Waals surface area contributed by atoms with Gasteiger partial charge in [-0.05, 0) is 56.2 Å². The standard InChI is InChI=1S/C27H32N6O4S/c1-18-17-37-16-15-33(18)26-31-24(30-25(32-26)22-9-5-6-10-23(22)38(2,35)36)19-11-13-21(14-12-19)29-27(34)28-20-7-3-4-8-20/h5-6,9-14,18,20H,3-4,7-8,15-17H2,1-2H3,(H2,28,29,34). The molecule has 3 aromatic rings. The first-order valence-electron chi connectivity index (χ1n) is 12.9. The molecule has 5 rings (SSSR count). The highest BCUT2D eigenvalue weighted by Crippen LogP contribution is 2.29. The lowest BCUT2D eigenvalue weighted by molar-refractivity contribution is 0.0981. The van der Waals surface area contributed by atoms with Gasteiger partial charge < -0.3 is 20.3 Å². The molecular formula is C27H32N6O4S. The van der Waals surface area contributed by atoms with Crippen LogP contribution in [0, 0.1) is 0 Å². The molecule has 1 aromatic heterocycles. The number of hydrogen-bond acceptors (Lipinski definition) is 8. The van der Waals surface area contributed by atoms with Gasteiger partial charge in [0, 0.05) is 35.7 Å². The van der Waals surface area contributed by atoms with Gasteiger partial charge in [-0.1, -0.05) is 25.0 Å². The number of nitrogens with zero attached hydrogens (tertiary/aromatic N) is 4. The van der Waals surface area contributed by atoms with Crippen molar-refractivity contribution in [2.24, 2.45) is 0 Å². The van der Waals surface area contributed by atoms with Crippen molar-refractivity contribution in [2.75, 3.05) is 36.2 Å². The zero-order valence-electron chi connectivity index (χ0n) is 21.6. The van der Waals surface area contributed by atoms with Crippen LogP contribution in [0.1, 0.15) is 32.6 Å². The van der Waals surface area contributed by atoms with Crippen LogP contribution in [0.3, 0.4) is 0 Å². The average Bonchev–Trinajstić information content (AvgIpc) is 3.41. The Bertz CT molecular complexity index is 1410. The van der Waals surface area contributed by atoms with Crippen molar-refractivity contribution in [1.29, 1.82) is 0 Å². The maximum absolute atomic E-state index is 12.5. The van der Waals surface area contributed by atoms with Gasteiger partial charge in [0.05, 0.1) is 24.2 Å². The van der Waals surface area contributed by atoms with Gasteiger partial charge in [-0.25, -0.2) is 18.2 Å². The van der Waals surface area contributed by atoms with Gasteiger partial charge >= 0.3 is 6.03 Å². The van der Waals surface area contributed by atoms with Crippen molar-refractivity contribution in [3.05, 3.63) is 48.5 Å². The first-order valence-corrected chi connectivity index (χ1v) is 14.7. The van der Waals surface area contributed by atoms with Crippen LogP contribution in [-0.2, 0) is 14.6 Å². The summed E-state index contributed by atoms with van der Waals surface area (Å²) in [5.74, 6) is 1.15. The summed E-state index contributed by atoms with van der Waals surface area (Å²) in [6, 6.07) is 14.0. The van der Waals surface area contributed by atoms with E-state index >= 15 is 0 Å². The van der Waals surface area contributed by atoms with E-state index in [-0.39, 0.29) is 28.8 Å². The summed E-state index contributed by atoms with van der Waals surface area (Å²) in [4.78, 5) is 28.7. The molecule has 200 valence electrons. The van der Waals surface area contributed by atoms with Crippen LogP contribution in [0.25, 0.3) is 22.8 Å². The molecule has 1 unspecified atom stereocenters. The molecule has 0 radical (unpaired) electrons. The minimum atomic E-state index is -3.51. The number of nitrogens with one attached hydrogen (secondary N) is 2. The Morgan fingerprint density at radius 2 is 1.71 bits per heavy atom. The van der Waals surface area contributed by atoms with Crippen LogP contribution in [0.4, 0.5) is 16.4 Å². The Labute approximate surface area is 222 Å². The van der Waals surface area contributed by atoms with Crippen molar-refractivity contribution >= 4 is 27.5 Å². The molecule has 1 saturated carbocycles. The third-order valence-corrected chi connectivity index (χ3v) is 8.02. The molecule has 1 aliphatic heterocycles. The number of amides is 2. The molecule has 2 fully saturated rings. The molecule has 2 aliphatic rings. The lowest BCUT2D eigenvalue weighted by atomic mass is 10.1. The second kappa shape index (κ2) is 11.0. The van der Waals surface area contributed by atoms with Gasteiger partial charge in [-0.3, -0.25) is 0 Å². The maximum Gasteiger partial charge on any atom is 0.319 e. The minimum absolute atomic E-state index is 0.0435. The largest absolute Gasteiger partial charge is 0.377 e. The van der Waals surface area contributed by atoms with Crippen molar-refractivity contribution in [3.8, 4) is 22.8 Å². The van der Waals surface area contributed by atoms with E-state index < -0.39 is 9.84 Å². The zero-order chi connectivity index (χ0) is 26.7. The van der Waals surface area contributed by atoms with Crippen molar-refractivity contribution < 1.29 is 17.9 Å². The molecule has 2 amide bonds. The second-order valence-electron chi connectivity index (χ2n) is 9.83. The molecule has 2 heterocycles. The number of urea groups is 1. The predicted molar refractivity (Wildman–Crippen MR) is 146 cm³/mol. The van der Waals surface area contributed by atoms with E-state index in [1.165, 1.54) is 6.26 Å². The molecule has 1 atom stereocenters. The molecule has 0 spiro atoms. The molecule has 0 bridgehead atoms. The summed E-state index contributed by atoms with van der Waals surface area (Å²) in [6.07, 6.45) is 5.50. The summed E-state index contributed by atoms with van der Waals surface area (Å²) < 4.78 is 30.6. The van der Waals surface area contributed by atoms with E-state index in [4.69, 9.17) is 14.7 Å². The second-order valence-corrected chi connectivity index (χ2v) is 11.8. The maximum atomic E-state index is 12.5. The summed E-state index contributed by atoms with van der Waals surface area (Å²) in [5, 5.41) is 5.90. The van der Waals surface area contributed by atoms with Crippen LogP contribution in [0.2, 0.25) is 0 Å². The van der Waals surface area contributed by atoms with Crippen LogP contribution in [-0.4, -0.2) is 67.5 Å². The predicted octanol–water partition coefficient (Wildman–Crippen LogP) is 3.90. The van der Waals surface area contributed by atoms with Crippen LogP contribution in [0.15, 0.2) is 53.4 Å². The minimum Gasteiger partial charge on any atom is -0.377 e. The van der Waals surface area contributed by atoms with E-state index in [0.717, 1.165) is 31.2 Å². The van der Waals surface area contributed by atoms with Gasteiger partial charge in [0.1, 0.15) is 0 Å². The summed E-state index contributed by atoms with van der Waals surface area (Å²) in [6.45, 7) is 3.73. The molecule has 1 aliphatic carbocycles. The highest BCUT2D eigenvalue weighted by atomic mass is 32.2. The number of hydrogen-bond donors (Lipinski definition) is 2. The van der Waals surface area contributed by atoms with Crippen LogP contribution in [0.5, 0.6) is 0 Å². The Morgan fingerprint density at radius 3 is 2.42 bits per heavy atom. The fourth-order valence-corrected chi connectivity index (χ4v) is 5.75. The van der Waals surface area contributed by atoms with Crippen LogP contribution >= 0.6 is 0 Å². The summed E-state index contributed by atoms with van der Waals surface area (Å²) >= 11 is 0. The topological polar surface area (TPSA) is 126 Å². The third kappa shape index (κ3) is 5.94. The Morgan fingerprint density at radius 1 is 1.00 bits per heavy atom. The van der Waals surface area contributed by atoms with Crippen LogP contribution < -0.4 is 15.5 Å². The van der Waals surface area contributed by atoms with Crippen molar-refractivity contribution in [2.45, 2.75) is 49.6 Å². The SMILES string of the molecule is CC1COCCN1c1nc(-c2ccc(NC(=O)NC3CCCC3)cc2)nc(-c2ccccc2S(C)(=O)=O)n1. The fourth-order valence-electron chi connectivity index (χ4n) is 4.87. The molecule has 38 heavy (non-hydrogen) atoms. The van der Waals surface area contributed by atoms with Crippen molar-refractivity contribution in [3.63, 3.8) is 0 Å². The van der Waals surface area contributed by atoms with E-state index in [1.54, 1.807) is 36.4 Å². The number of carbonyl (C=O) groups excluding carboxylic acids is 1. The van der Waals surface area contributed by atoms with E-state index in [0.29, 0.717) is 42.8 Å². The van der Waals surface area contributed by atoms with Gasteiger partial charge in [0.2, 0.25) is 5.95 Å². The lowest BCUT2D eigenvalue weighted by Gasteiger charge is -2.33. The first-order chi connectivity index (χ1) is 18.3. The normalized spacial score (nSPS) is 18.4. The van der Waals surface area contributed by atoms with E-state index in [1.807, 2.05) is 24.0 Å². The number of rotatable bonds is 6. The third-order valence-electron chi connectivity index (χ3n) is 6.87. The first kappa shape index (κ1) is 26.1.